The lowest BCUT2D eigenvalue weighted by Crippen LogP contribution is -2.01. The number of ether oxygens (including phenoxy) is 1. The highest BCUT2D eigenvalue weighted by Crippen LogP contribution is 2.24. The molecule has 0 aromatic carbocycles. The largest absolute Gasteiger partial charge is 0.473 e. The lowest BCUT2D eigenvalue weighted by Gasteiger charge is -2.07. The quantitative estimate of drug-likeness (QED) is 0.781. The van der Waals surface area contributed by atoms with Gasteiger partial charge in [-0.15, -0.1) is 0 Å². The van der Waals surface area contributed by atoms with Crippen LogP contribution in [0.25, 0.3) is 0 Å². The van der Waals surface area contributed by atoms with Crippen molar-refractivity contribution < 1.29 is 4.74 Å². The Balaban J connectivity index is 2.85. The van der Waals surface area contributed by atoms with E-state index in [1.165, 1.54) is 0 Å². The third kappa shape index (κ3) is 2.80. The second-order valence-corrected chi connectivity index (χ2v) is 3.65. The zero-order valence-electron chi connectivity index (χ0n) is 8.54. The Kier molecular flexibility index (Phi) is 4.07. The van der Waals surface area contributed by atoms with Gasteiger partial charge in [0.1, 0.15) is 16.9 Å². The van der Waals surface area contributed by atoms with Crippen molar-refractivity contribution in [2.75, 3.05) is 6.61 Å². The first kappa shape index (κ1) is 11.2. The van der Waals surface area contributed by atoms with Crippen LogP contribution in [0.4, 0.5) is 0 Å². The fourth-order valence-electron chi connectivity index (χ4n) is 0.986. The van der Waals surface area contributed by atoms with Gasteiger partial charge in [-0.25, -0.2) is 4.98 Å². The molecule has 0 radical (unpaired) electrons. The van der Waals surface area contributed by atoms with E-state index in [0.29, 0.717) is 12.5 Å². The van der Waals surface area contributed by atoms with E-state index in [0.717, 1.165) is 16.0 Å². The van der Waals surface area contributed by atoms with Crippen LogP contribution in [-0.4, -0.2) is 16.6 Å². The SMILES string of the molecule is C/C=C/COc1nc(C)nc(C)c1Br. The van der Waals surface area contributed by atoms with Crippen molar-refractivity contribution in [3.05, 3.63) is 28.1 Å². The molecule has 0 amide bonds. The van der Waals surface area contributed by atoms with E-state index in [2.05, 4.69) is 25.9 Å². The Morgan fingerprint density at radius 3 is 2.71 bits per heavy atom. The van der Waals surface area contributed by atoms with Gasteiger partial charge in [-0.05, 0) is 36.7 Å². The maximum atomic E-state index is 5.45. The number of rotatable bonds is 3. The summed E-state index contributed by atoms with van der Waals surface area (Å²) in [6.45, 7) is 6.25. The number of hydrogen-bond donors (Lipinski definition) is 0. The van der Waals surface area contributed by atoms with Gasteiger partial charge in [0.2, 0.25) is 5.88 Å². The number of aromatic nitrogens is 2. The van der Waals surface area contributed by atoms with Gasteiger partial charge in [-0.3, -0.25) is 0 Å². The van der Waals surface area contributed by atoms with Crippen molar-refractivity contribution >= 4 is 15.9 Å². The van der Waals surface area contributed by atoms with Crippen LogP contribution in [-0.2, 0) is 0 Å². The lowest BCUT2D eigenvalue weighted by molar-refractivity contribution is 0.343. The van der Waals surface area contributed by atoms with E-state index in [-0.39, 0.29) is 0 Å². The van der Waals surface area contributed by atoms with Gasteiger partial charge in [0, 0.05) is 0 Å². The first-order chi connectivity index (χ1) is 6.65. The van der Waals surface area contributed by atoms with Gasteiger partial charge in [0.05, 0.1) is 5.69 Å². The molecule has 3 nitrogen and oxygen atoms in total. The van der Waals surface area contributed by atoms with Crippen LogP contribution in [0.3, 0.4) is 0 Å². The average Bonchev–Trinajstić information content (AvgIpc) is 2.13. The first-order valence-corrected chi connectivity index (χ1v) is 5.19. The molecule has 0 saturated heterocycles. The Bertz CT molecular complexity index is 350. The summed E-state index contributed by atoms with van der Waals surface area (Å²) in [5.74, 6) is 1.33. The summed E-state index contributed by atoms with van der Waals surface area (Å²) in [5, 5.41) is 0. The maximum Gasteiger partial charge on any atom is 0.231 e. The second kappa shape index (κ2) is 5.10. The maximum absolute atomic E-state index is 5.45. The molecule has 76 valence electrons. The van der Waals surface area contributed by atoms with E-state index in [1.54, 1.807) is 0 Å². The standard InChI is InChI=1S/C10H13BrN2O/c1-4-5-6-14-10-9(11)7(2)12-8(3)13-10/h4-5H,6H2,1-3H3/b5-4+. The molecule has 0 N–H and O–H groups in total. The summed E-state index contributed by atoms with van der Waals surface area (Å²) in [6.07, 6.45) is 3.87. The Morgan fingerprint density at radius 1 is 1.36 bits per heavy atom. The minimum Gasteiger partial charge on any atom is -0.473 e. The summed E-state index contributed by atoms with van der Waals surface area (Å²) in [5.41, 5.74) is 0.896. The van der Waals surface area contributed by atoms with Gasteiger partial charge in [-0.1, -0.05) is 12.2 Å². The molecule has 0 bridgehead atoms. The molecule has 1 aromatic rings. The molecule has 0 aliphatic heterocycles. The molecule has 1 rings (SSSR count). The van der Waals surface area contributed by atoms with E-state index in [4.69, 9.17) is 4.74 Å². The molecule has 0 atom stereocenters. The summed E-state index contributed by atoms with van der Waals surface area (Å²) < 4.78 is 6.28. The number of halogens is 1. The number of allylic oxidation sites excluding steroid dienone is 1. The average molecular weight is 257 g/mol. The summed E-state index contributed by atoms with van der Waals surface area (Å²) >= 11 is 3.39. The van der Waals surface area contributed by atoms with Gasteiger partial charge in [0.15, 0.2) is 0 Å². The van der Waals surface area contributed by atoms with Crippen molar-refractivity contribution in [1.82, 2.24) is 9.97 Å². The molecule has 0 fully saturated rings. The Labute approximate surface area is 92.4 Å². The third-order valence-electron chi connectivity index (χ3n) is 1.65. The van der Waals surface area contributed by atoms with Crippen molar-refractivity contribution in [3.8, 4) is 5.88 Å². The normalized spacial score (nSPS) is 10.9. The van der Waals surface area contributed by atoms with Crippen molar-refractivity contribution in [2.45, 2.75) is 20.8 Å². The van der Waals surface area contributed by atoms with Crippen LogP contribution in [0.1, 0.15) is 18.4 Å². The first-order valence-electron chi connectivity index (χ1n) is 4.40. The summed E-state index contributed by atoms with van der Waals surface area (Å²) in [7, 11) is 0. The highest BCUT2D eigenvalue weighted by atomic mass is 79.9. The highest BCUT2D eigenvalue weighted by molar-refractivity contribution is 9.10. The molecule has 0 aliphatic carbocycles. The minimum atomic E-state index is 0.533. The molecular weight excluding hydrogens is 244 g/mol. The van der Waals surface area contributed by atoms with Gasteiger partial charge in [-0.2, -0.15) is 4.98 Å². The molecule has 0 unspecified atom stereocenters. The van der Waals surface area contributed by atoms with Crippen molar-refractivity contribution in [3.63, 3.8) is 0 Å². The second-order valence-electron chi connectivity index (χ2n) is 2.86. The molecule has 0 saturated carbocycles. The van der Waals surface area contributed by atoms with Crippen LogP contribution in [0, 0.1) is 13.8 Å². The predicted octanol–water partition coefficient (Wildman–Crippen LogP) is 2.81. The predicted molar refractivity (Wildman–Crippen MR) is 59.5 cm³/mol. The van der Waals surface area contributed by atoms with E-state index in [9.17, 15) is 0 Å². The zero-order chi connectivity index (χ0) is 10.6. The Morgan fingerprint density at radius 2 is 2.07 bits per heavy atom. The van der Waals surface area contributed by atoms with Crippen LogP contribution < -0.4 is 4.74 Å². The molecule has 4 heteroatoms. The smallest absolute Gasteiger partial charge is 0.231 e. The number of aryl methyl sites for hydroxylation is 2. The molecule has 1 heterocycles. The van der Waals surface area contributed by atoms with Crippen molar-refractivity contribution in [2.24, 2.45) is 0 Å². The van der Waals surface area contributed by atoms with Gasteiger partial charge in [0.25, 0.3) is 0 Å². The number of nitrogens with zero attached hydrogens (tertiary/aromatic N) is 2. The topological polar surface area (TPSA) is 35.0 Å². The van der Waals surface area contributed by atoms with E-state index >= 15 is 0 Å². The molecule has 14 heavy (non-hydrogen) atoms. The van der Waals surface area contributed by atoms with E-state index in [1.807, 2.05) is 32.9 Å². The summed E-state index contributed by atoms with van der Waals surface area (Å²) in [4.78, 5) is 8.40. The molecular formula is C10H13BrN2O. The Hall–Kier alpha value is -0.900. The van der Waals surface area contributed by atoms with E-state index < -0.39 is 0 Å². The summed E-state index contributed by atoms with van der Waals surface area (Å²) in [6, 6.07) is 0. The molecule has 1 aromatic heterocycles. The lowest BCUT2D eigenvalue weighted by atomic mass is 10.4. The van der Waals surface area contributed by atoms with Crippen LogP contribution in [0.5, 0.6) is 5.88 Å². The fourth-order valence-corrected chi connectivity index (χ4v) is 1.28. The fraction of sp³-hybridized carbons (Fsp3) is 0.400. The molecule has 0 spiro atoms. The van der Waals surface area contributed by atoms with Crippen LogP contribution in [0.15, 0.2) is 16.6 Å². The molecule has 0 aliphatic rings. The zero-order valence-corrected chi connectivity index (χ0v) is 10.1. The van der Waals surface area contributed by atoms with Gasteiger partial charge >= 0.3 is 0 Å². The minimum absolute atomic E-state index is 0.533. The van der Waals surface area contributed by atoms with Crippen LogP contribution >= 0.6 is 15.9 Å². The third-order valence-corrected chi connectivity index (χ3v) is 2.56. The van der Waals surface area contributed by atoms with Crippen molar-refractivity contribution in [1.29, 1.82) is 0 Å². The van der Waals surface area contributed by atoms with Gasteiger partial charge < -0.3 is 4.74 Å². The highest BCUT2D eigenvalue weighted by Gasteiger charge is 2.07. The van der Waals surface area contributed by atoms with Crippen LogP contribution in [0.2, 0.25) is 0 Å². The number of hydrogen-bond acceptors (Lipinski definition) is 3. The monoisotopic (exact) mass is 256 g/mol.